The molecule has 1 atom stereocenters. The van der Waals surface area contributed by atoms with Gasteiger partial charge in [-0.3, -0.25) is 19.2 Å². The maximum atomic E-state index is 12.6. The van der Waals surface area contributed by atoms with Gasteiger partial charge in [-0.25, -0.2) is 0 Å². The van der Waals surface area contributed by atoms with Gasteiger partial charge in [0.05, 0.1) is 5.69 Å². The van der Waals surface area contributed by atoms with Gasteiger partial charge in [-0.2, -0.15) is 5.10 Å². The lowest BCUT2D eigenvalue weighted by atomic mass is 10.1. The third kappa shape index (κ3) is 4.59. The lowest BCUT2D eigenvalue weighted by molar-refractivity contribution is -0.119. The number of hydrogen-bond acceptors (Lipinski definition) is 4. The molecular weight excluding hydrogens is 354 g/mol. The molecule has 7 nitrogen and oxygen atoms in total. The Balaban J connectivity index is 1.59. The summed E-state index contributed by atoms with van der Waals surface area (Å²) in [5.74, 6) is 0.635. The van der Waals surface area contributed by atoms with Crippen molar-refractivity contribution in [3.8, 4) is 0 Å². The summed E-state index contributed by atoms with van der Waals surface area (Å²) in [5.41, 5.74) is 3.79. The Morgan fingerprint density at radius 1 is 1.25 bits per heavy atom. The summed E-state index contributed by atoms with van der Waals surface area (Å²) in [6, 6.07) is 7.94. The number of anilines is 1. The van der Waals surface area contributed by atoms with Gasteiger partial charge in [-0.15, -0.1) is 0 Å². The fraction of sp³-hybridized carbons (Fsp3) is 0.476. The molecule has 0 spiro atoms. The lowest BCUT2D eigenvalue weighted by Crippen LogP contribution is -2.35. The average Bonchev–Trinajstić information content (AvgIpc) is 3.20. The highest BCUT2D eigenvalue weighted by Crippen LogP contribution is 2.20. The van der Waals surface area contributed by atoms with Crippen molar-refractivity contribution in [3.63, 3.8) is 0 Å². The minimum atomic E-state index is -0.132. The second kappa shape index (κ2) is 8.56. The molecule has 0 saturated carbocycles. The monoisotopic (exact) mass is 383 g/mol. The van der Waals surface area contributed by atoms with E-state index in [4.69, 9.17) is 0 Å². The summed E-state index contributed by atoms with van der Waals surface area (Å²) < 4.78 is 1.72. The van der Waals surface area contributed by atoms with Crippen molar-refractivity contribution < 1.29 is 9.59 Å². The van der Waals surface area contributed by atoms with Gasteiger partial charge in [0, 0.05) is 50.8 Å². The summed E-state index contributed by atoms with van der Waals surface area (Å²) >= 11 is 0. The molecule has 2 amide bonds. The number of hydrogen-bond donors (Lipinski definition) is 2. The molecule has 2 aromatic rings. The molecule has 2 heterocycles. The van der Waals surface area contributed by atoms with E-state index in [1.165, 1.54) is 0 Å². The van der Waals surface area contributed by atoms with Crippen LogP contribution in [0.25, 0.3) is 0 Å². The number of benzene rings is 1. The van der Waals surface area contributed by atoms with Gasteiger partial charge < -0.3 is 10.6 Å². The molecule has 150 valence electrons. The van der Waals surface area contributed by atoms with Gasteiger partial charge in [0.1, 0.15) is 5.82 Å². The average molecular weight is 383 g/mol. The van der Waals surface area contributed by atoms with Crippen LogP contribution >= 0.6 is 0 Å². The van der Waals surface area contributed by atoms with Crippen LogP contribution in [0.3, 0.4) is 0 Å². The SMILES string of the molecule is CCc1nn(C)c(NC(=O)c2ccc(CN3CCC(NC(C)=O)C3)cc2)c1C. The van der Waals surface area contributed by atoms with E-state index < -0.39 is 0 Å². The van der Waals surface area contributed by atoms with Crippen LogP contribution in [0.15, 0.2) is 24.3 Å². The predicted octanol–water partition coefficient (Wildman–Crippen LogP) is 2.25. The molecule has 0 radical (unpaired) electrons. The molecule has 1 saturated heterocycles. The van der Waals surface area contributed by atoms with Gasteiger partial charge in [0.2, 0.25) is 5.91 Å². The van der Waals surface area contributed by atoms with Crippen molar-refractivity contribution in [3.05, 3.63) is 46.6 Å². The molecule has 1 aromatic carbocycles. The number of carbonyl (C=O) groups excluding carboxylic acids is 2. The molecule has 1 unspecified atom stereocenters. The molecule has 3 rings (SSSR count). The Bertz CT molecular complexity index is 856. The second-order valence-corrected chi connectivity index (χ2v) is 7.47. The van der Waals surface area contributed by atoms with E-state index in [1.807, 2.05) is 38.2 Å². The molecule has 7 heteroatoms. The Morgan fingerprint density at radius 2 is 1.96 bits per heavy atom. The van der Waals surface area contributed by atoms with Crippen molar-refractivity contribution in [1.82, 2.24) is 20.0 Å². The Morgan fingerprint density at radius 3 is 2.57 bits per heavy atom. The van der Waals surface area contributed by atoms with Gasteiger partial charge >= 0.3 is 0 Å². The summed E-state index contributed by atoms with van der Waals surface area (Å²) in [7, 11) is 1.84. The maximum Gasteiger partial charge on any atom is 0.256 e. The van der Waals surface area contributed by atoms with Gasteiger partial charge in [0.15, 0.2) is 0 Å². The van der Waals surface area contributed by atoms with Gasteiger partial charge in [0.25, 0.3) is 5.91 Å². The summed E-state index contributed by atoms with van der Waals surface area (Å²) in [6.45, 7) is 8.24. The first kappa shape index (κ1) is 20.1. The molecule has 0 aliphatic carbocycles. The molecule has 1 aromatic heterocycles. The standard InChI is InChI=1S/C21H29N5O2/c1-5-19-14(2)20(25(4)24-19)23-21(28)17-8-6-16(7-9-17)12-26-11-10-18(13-26)22-15(3)27/h6-9,18H,5,10-13H2,1-4H3,(H,22,27)(H,23,28). The number of likely N-dealkylation sites (tertiary alicyclic amines) is 1. The Labute approximate surface area is 166 Å². The summed E-state index contributed by atoms with van der Waals surface area (Å²) in [5, 5.41) is 10.4. The number of amides is 2. The quantitative estimate of drug-likeness (QED) is 0.802. The minimum Gasteiger partial charge on any atom is -0.352 e. The molecule has 1 aliphatic rings. The second-order valence-electron chi connectivity index (χ2n) is 7.47. The topological polar surface area (TPSA) is 79.3 Å². The maximum absolute atomic E-state index is 12.6. The zero-order valence-corrected chi connectivity index (χ0v) is 17.1. The van der Waals surface area contributed by atoms with Crippen LogP contribution in [0.5, 0.6) is 0 Å². The number of aromatic nitrogens is 2. The summed E-state index contributed by atoms with van der Waals surface area (Å²) in [4.78, 5) is 26.1. The highest BCUT2D eigenvalue weighted by Gasteiger charge is 2.23. The first-order chi connectivity index (χ1) is 13.4. The number of nitrogens with zero attached hydrogens (tertiary/aromatic N) is 3. The van der Waals surface area contributed by atoms with E-state index in [2.05, 4.69) is 27.6 Å². The number of rotatable bonds is 6. The van der Waals surface area contributed by atoms with Crippen LogP contribution in [0.1, 0.15) is 47.4 Å². The van der Waals surface area contributed by atoms with Crippen molar-refractivity contribution in [2.75, 3.05) is 18.4 Å². The lowest BCUT2D eigenvalue weighted by Gasteiger charge is -2.16. The zero-order valence-electron chi connectivity index (χ0n) is 17.1. The van der Waals surface area contributed by atoms with E-state index in [-0.39, 0.29) is 17.9 Å². The van der Waals surface area contributed by atoms with Crippen LogP contribution < -0.4 is 10.6 Å². The third-order valence-corrected chi connectivity index (χ3v) is 5.25. The van der Waals surface area contributed by atoms with E-state index in [1.54, 1.807) is 11.6 Å². The molecule has 0 bridgehead atoms. The van der Waals surface area contributed by atoms with Gasteiger partial charge in [-0.05, 0) is 37.5 Å². The van der Waals surface area contributed by atoms with Crippen molar-refractivity contribution >= 4 is 17.6 Å². The van der Waals surface area contributed by atoms with Crippen LogP contribution in [0, 0.1) is 6.92 Å². The highest BCUT2D eigenvalue weighted by atomic mass is 16.2. The van der Waals surface area contributed by atoms with E-state index in [0.29, 0.717) is 5.56 Å². The van der Waals surface area contributed by atoms with Crippen LogP contribution in [-0.4, -0.2) is 45.6 Å². The highest BCUT2D eigenvalue weighted by molar-refractivity contribution is 6.04. The zero-order chi connectivity index (χ0) is 20.3. The molecule has 1 fully saturated rings. The van der Waals surface area contributed by atoms with Crippen LogP contribution in [0.2, 0.25) is 0 Å². The fourth-order valence-corrected chi connectivity index (χ4v) is 3.78. The van der Waals surface area contributed by atoms with Crippen LogP contribution in [0.4, 0.5) is 5.82 Å². The third-order valence-electron chi connectivity index (χ3n) is 5.25. The van der Waals surface area contributed by atoms with E-state index in [9.17, 15) is 9.59 Å². The fourth-order valence-electron chi connectivity index (χ4n) is 3.78. The molecule has 1 aliphatic heterocycles. The van der Waals surface area contributed by atoms with Gasteiger partial charge in [-0.1, -0.05) is 19.1 Å². The number of carbonyl (C=O) groups is 2. The van der Waals surface area contributed by atoms with E-state index >= 15 is 0 Å². The Kier molecular flexibility index (Phi) is 6.14. The minimum absolute atomic E-state index is 0.0249. The first-order valence-corrected chi connectivity index (χ1v) is 9.79. The van der Waals surface area contributed by atoms with Crippen molar-refractivity contribution in [1.29, 1.82) is 0 Å². The largest absolute Gasteiger partial charge is 0.352 e. The molecular formula is C21H29N5O2. The normalized spacial score (nSPS) is 16.9. The first-order valence-electron chi connectivity index (χ1n) is 9.79. The number of nitrogens with one attached hydrogen (secondary N) is 2. The summed E-state index contributed by atoms with van der Waals surface area (Å²) in [6.07, 6.45) is 1.81. The van der Waals surface area contributed by atoms with Crippen LogP contribution in [-0.2, 0) is 24.8 Å². The predicted molar refractivity (Wildman–Crippen MR) is 109 cm³/mol. The molecule has 28 heavy (non-hydrogen) atoms. The Hall–Kier alpha value is -2.67. The van der Waals surface area contributed by atoms with E-state index in [0.717, 1.165) is 55.1 Å². The van der Waals surface area contributed by atoms with Crippen molar-refractivity contribution in [2.45, 2.75) is 46.2 Å². The smallest absolute Gasteiger partial charge is 0.256 e. The number of aryl methyl sites for hydroxylation is 2. The van der Waals surface area contributed by atoms with Crippen molar-refractivity contribution in [2.24, 2.45) is 7.05 Å². The molecule has 2 N–H and O–H groups in total.